The van der Waals surface area contributed by atoms with Gasteiger partial charge in [-0.25, -0.2) is 4.79 Å². The summed E-state index contributed by atoms with van der Waals surface area (Å²) < 4.78 is 4.70. The summed E-state index contributed by atoms with van der Waals surface area (Å²) in [7, 11) is 0. The molecule has 130 valence electrons. The number of hydrogen-bond acceptors (Lipinski definition) is 5. The summed E-state index contributed by atoms with van der Waals surface area (Å²) in [6, 6.07) is 14.2. The third kappa shape index (κ3) is 5.59. The molecule has 1 atom stereocenters. The first-order valence-corrected chi connectivity index (χ1v) is 7.59. The quantitative estimate of drug-likeness (QED) is 0.550. The van der Waals surface area contributed by atoms with E-state index in [0.717, 1.165) is 0 Å². The lowest BCUT2D eigenvalue weighted by Crippen LogP contribution is -2.43. The fourth-order valence-electron chi connectivity index (χ4n) is 1.82. The first-order chi connectivity index (χ1) is 12.0. The van der Waals surface area contributed by atoms with Crippen molar-refractivity contribution in [1.29, 1.82) is 0 Å². The van der Waals surface area contributed by atoms with Crippen molar-refractivity contribution in [3.8, 4) is 0 Å². The van der Waals surface area contributed by atoms with Crippen LogP contribution in [0.4, 0.5) is 0 Å². The Morgan fingerprint density at radius 2 is 1.64 bits per heavy atom. The average Bonchev–Trinajstić information content (AvgIpc) is 2.64. The Morgan fingerprint density at radius 3 is 2.28 bits per heavy atom. The summed E-state index contributed by atoms with van der Waals surface area (Å²) >= 11 is 5.71. The van der Waals surface area contributed by atoms with E-state index in [0.29, 0.717) is 16.1 Å². The third-order valence-electron chi connectivity index (χ3n) is 3.11. The van der Waals surface area contributed by atoms with Crippen LogP contribution in [0.3, 0.4) is 0 Å². The molecule has 3 N–H and O–H groups in total. The maximum atomic E-state index is 11.8. The molecule has 0 heterocycles. The molecule has 0 fully saturated rings. The van der Waals surface area contributed by atoms with Gasteiger partial charge in [0.2, 0.25) is 0 Å². The van der Waals surface area contributed by atoms with E-state index in [2.05, 4.69) is 10.9 Å². The smallest absolute Gasteiger partial charge is 0.340 e. The number of hydrazine groups is 1. The van der Waals surface area contributed by atoms with Gasteiger partial charge in [0.15, 0.2) is 12.7 Å². The van der Waals surface area contributed by atoms with Crippen molar-refractivity contribution in [2.24, 2.45) is 0 Å². The number of esters is 1. The van der Waals surface area contributed by atoms with Crippen LogP contribution >= 0.6 is 11.6 Å². The zero-order valence-electron chi connectivity index (χ0n) is 12.9. The Labute approximate surface area is 148 Å². The highest BCUT2D eigenvalue weighted by Crippen LogP contribution is 2.13. The molecule has 2 aromatic rings. The van der Waals surface area contributed by atoms with E-state index in [9.17, 15) is 19.5 Å². The molecule has 25 heavy (non-hydrogen) atoms. The lowest BCUT2D eigenvalue weighted by molar-refractivity contribution is -0.157. The highest BCUT2D eigenvalue weighted by molar-refractivity contribution is 6.30. The van der Waals surface area contributed by atoms with Crippen molar-refractivity contribution in [3.05, 3.63) is 70.7 Å². The van der Waals surface area contributed by atoms with Crippen molar-refractivity contribution in [3.63, 3.8) is 0 Å². The number of benzene rings is 2. The number of halogens is 1. The van der Waals surface area contributed by atoms with E-state index in [-0.39, 0.29) is 0 Å². The monoisotopic (exact) mass is 362 g/mol. The largest absolute Gasteiger partial charge is 0.453 e. The van der Waals surface area contributed by atoms with Gasteiger partial charge >= 0.3 is 5.97 Å². The standard InChI is InChI=1S/C17H15ClN2O5/c18-13-8-6-12(7-9-13)16(23)20-19-14(21)10-25-17(24)15(22)11-4-2-1-3-5-11/h1-9,15,22H,10H2,(H,19,21)(H,20,23)/t15-/m0/s1. The van der Waals surface area contributed by atoms with Gasteiger partial charge in [0, 0.05) is 10.6 Å². The Balaban J connectivity index is 1.76. The summed E-state index contributed by atoms with van der Waals surface area (Å²) in [4.78, 5) is 35.1. The highest BCUT2D eigenvalue weighted by Gasteiger charge is 2.19. The molecule has 0 aromatic heterocycles. The van der Waals surface area contributed by atoms with Crippen LogP contribution in [0.15, 0.2) is 54.6 Å². The van der Waals surface area contributed by atoms with Gasteiger partial charge in [-0.1, -0.05) is 41.9 Å². The van der Waals surface area contributed by atoms with Gasteiger partial charge in [-0.3, -0.25) is 20.4 Å². The zero-order valence-corrected chi connectivity index (χ0v) is 13.7. The summed E-state index contributed by atoms with van der Waals surface area (Å²) in [5.41, 5.74) is 4.91. The minimum atomic E-state index is -1.49. The first-order valence-electron chi connectivity index (χ1n) is 7.22. The van der Waals surface area contributed by atoms with E-state index >= 15 is 0 Å². The van der Waals surface area contributed by atoms with Crippen molar-refractivity contribution < 1.29 is 24.2 Å². The molecule has 0 aliphatic rings. The number of nitrogens with one attached hydrogen (secondary N) is 2. The number of aliphatic hydroxyl groups excluding tert-OH is 1. The van der Waals surface area contributed by atoms with Crippen LogP contribution in [0, 0.1) is 0 Å². The SMILES string of the molecule is O=C(COC(=O)[C@@H](O)c1ccccc1)NNC(=O)c1ccc(Cl)cc1. The van der Waals surface area contributed by atoms with Crippen LogP contribution in [-0.2, 0) is 14.3 Å². The topological polar surface area (TPSA) is 105 Å². The molecule has 0 aliphatic heterocycles. The molecule has 0 saturated heterocycles. The predicted octanol–water partition coefficient (Wildman–Crippen LogP) is 1.38. The molecule has 0 spiro atoms. The van der Waals surface area contributed by atoms with E-state index in [1.807, 2.05) is 0 Å². The maximum absolute atomic E-state index is 11.8. The third-order valence-corrected chi connectivity index (χ3v) is 3.36. The lowest BCUT2D eigenvalue weighted by Gasteiger charge is -2.11. The van der Waals surface area contributed by atoms with Gasteiger partial charge in [0.25, 0.3) is 11.8 Å². The Kier molecular flexibility index (Phi) is 6.50. The van der Waals surface area contributed by atoms with Crippen LogP contribution in [0.25, 0.3) is 0 Å². The van der Waals surface area contributed by atoms with Gasteiger partial charge in [0.1, 0.15) is 0 Å². The van der Waals surface area contributed by atoms with Gasteiger partial charge in [0.05, 0.1) is 0 Å². The van der Waals surface area contributed by atoms with Gasteiger partial charge in [-0.15, -0.1) is 0 Å². The van der Waals surface area contributed by atoms with Gasteiger partial charge in [-0.05, 0) is 29.8 Å². The van der Waals surface area contributed by atoms with Crippen molar-refractivity contribution in [2.45, 2.75) is 6.10 Å². The summed E-state index contributed by atoms with van der Waals surface area (Å²) in [5, 5.41) is 10.3. The molecule has 0 aliphatic carbocycles. The predicted molar refractivity (Wildman–Crippen MR) is 89.4 cm³/mol. The van der Waals surface area contributed by atoms with Crippen molar-refractivity contribution in [1.82, 2.24) is 10.9 Å². The molecule has 0 saturated carbocycles. The van der Waals surface area contributed by atoms with E-state index in [1.54, 1.807) is 30.3 Å². The number of rotatable bonds is 5. The Bertz CT molecular complexity index is 749. The average molecular weight is 363 g/mol. The second-order valence-corrected chi connectivity index (χ2v) is 5.37. The van der Waals surface area contributed by atoms with Gasteiger partial charge in [-0.2, -0.15) is 0 Å². The van der Waals surface area contributed by atoms with Crippen molar-refractivity contribution >= 4 is 29.4 Å². The number of aliphatic hydroxyl groups is 1. The zero-order chi connectivity index (χ0) is 18.2. The minimum absolute atomic E-state index is 0.293. The molecular formula is C17H15ClN2O5. The van der Waals surface area contributed by atoms with Crippen LogP contribution < -0.4 is 10.9 Å². The van der Waals surface area contributed by atoms with Crippen LogP contribution in [0.1, 0.15) is 22.0 Å². The Morgan fingerprint density at radius 1 is 1.00 bits per heavy atom. The fourth-order valence-corrected chi connectivity index (χ4v) is 1.95. The lowest BCUT2D eigenvalue weighted by atomic mass is 10.1. The molecule has 2 aromatic carbocycles. The van der Waals surface area contributed by atoms with E-state index < -0.39 is 30.5 Å². The summed E-state index contributed by atoms with van der Waals surface area (Å²) in [6.45, 7) is -0.649. The second-order valence-electron chi connectivity index (χ2n) is 4.93. The number of carbonyl (C=O) groups excluding carboxylic acids is 3. The molecule has 2 rings (SSSR count). The molecule has 0 unspecified atom stereocenters. The normalized spacial score (nSPS) is 11.3. The highest BCUT2D eigenvalue weighted by atomic mass is 35.5. The van der Waals surface area contributed by atoms with Crippen molar-refractivity contribution in [2.75, 3.05) is 6.61 Å². The molecular weight excluding hydrogens is 348 g/mol. The number of ether oxygens (including phenoxy) is 1. The second kappa shape index (κ2) is 8.81. The molecule has 0 bridgehead atoms. The van der Waals surface area contributed by atoms with Crippen LogP contribution in [0.5, 0.6) is 0 Å². The molecule has 8 heteroatoms. The molecule has 7 nitrogen and oxygen atoms in total. The summed E-state index contributed by atoms with van der Waals surface area (Å²) in [5.74, 6) is -2.28. The molecule has 0 radical (unpaired) electrons. The number of amides is 2. The van der Waals surface area contributed by atoms with Crippen LogP contribution in [0.2, 0.25) is 5.02 Å². The first kappa shape index (κ1) is 18.4. The fraction of sp³-hybridized carbons (Fsp3) is 0.118. The number of carbonyl (C=O) groups is 3. The van der Waals surface area contributed by atoms with Crippen LogP contribution in [-0.4, -0.2) is 29.5 Å². The summed E-state index contributed by atoms with van der Waals surface area (Å²) in [6.07, 6.45) is -1.49. The Hall–Kier alpha value is -2.90. The number of hydrogen-bond donors (Lipinski definition) is 3. The van der Waals surface area contributed by atoms with E-state index in [1.165, 1.54) is 24.3 Å². The van der Waals surface area contributed by atoms with E-state index in [4.69, 9.17) is 16.3 Å². The van der Waals surface area contributed by atoms with Gasteiger partial charge < -0.3 is 9.84 Å². The maximum Gasteiger partial charge on any atom is 0.340 e. The minimum Gasteiger partial charge on any atom is -0.453 e. The molecule has 2 amide bonds.